The lowest BCUT2D eigenvalue weighted by atomic mass is 9.95. The van der Waals surface area contributed by atoms with E-state index in [0.717, 1.165) is 18.4 Å². The number of aliphatic carboxylic acids is 1. The van der Waals surface area contributed by atoms with Crippen LogP contribution in [0.15, 0.2) is 30.3 Å². The molecule has 1 aliphatic rings. The lowest BCUT2D eigenvalue weighted by Crippen LogP contribution is -2.43. The Hall–Kier alpha value is -1.84. The van der Waals surface area contributed by atoms with Crippen molar-refractivity contribution < 1.29 is 14.7 Å². The highest BCUT2D eigenvalue weighted by Gasteiger charge is 2.50. The lowest BCUT2D eigenvalue weighted by Gasteiger charge is -2.17. The number of hydrogen-bond donors (Lipinski definition) is 2. The number of carbonyl (C=O) groups excluding carboxylic acids is 1. The van der Waals surface area contributed by atoms with Gasteiger partial charge in [-0.15, -0.1) is 0 Å². The zero-order chi connectivity index (χ0) is 13.2. The summed E-state index contributed by atoms with van der Waals surface area (Å²) in [6.45, 7) is 1.48. The summed E-state index contributed by atoms with van der Waals surface area (Å²) < 4.78 is 0. The molecule has 0 aliphatic heterocycles. The van der Waals surface area contributed by atoms with Gasteiger partial charge in [0.2, 0.25) is 5.91 Å². The standard InChI is InChI=1S/C14H17NO3/c1-10(12(16)17)15-13(18)14(7-8-14)9-11-5-3-2-4-6-11/h2-6,10H,7-9H2,1H3,(H,15,18)(H,16,17). The number of hydrogen-bond acceptors (Lipinski definition) is 2. The molecule has 1 aliphatic carbocycles. The molecule has 0 aromatic heterocycles. The molecule has 1 saturated carbocycles. The van der Waals surface area contributed by atoms with Gasteiger partial charge in [0.25, 0.3) is 0 Å². The van der Waals surface area contributed by atoms with Crippen LogP contribution >= 0.6 is 0 Å². The molecular weight excluding hydrogens is 230 g/mol. The molecule has 4 heteroatoms. The van der Waals surface area contributed by atoms with E-state index in [1.165, 1.54) is 6.92 Å². The van der Waals surface area contributed by atoms with E-state index in [-0.39, 0.29) is 11.3 Å². The van der Waals surface area contributed by atoms with Crippen LogP contribution in [0.2, 0.25) is 0 Å². The molecular formula is C14H17NO3. The van der Waals surface area contributed by atoms with Gasteiger partial charge in [-0.2, -0.15) is 0 Å². The van der Waals surface area contributed by atoms with Gasteiger partial charge in [0.1, 0.15) is 6.04 Å². The Bertz CT molecular complexity index is 451. The van der Waals surface area contributed by atoms with E-state index in [2.05, 4.69) is 5.32 Å². The second kappa shape index (κ2) is 4.80. The Morgan fingerprint density at radius 3 is 2.44 bits per heavy atom. The summed E-state index contributed by atoms with van der Waals surface area (Å²) in [4.78, 5) is 22.8. The molecule has 0 radical (unpaired) electrons. The van der Waals surface area contributed by atoms with E-state index in [4.69, 9.17) is 5.11 Å². The Kier molecular flexibility index (Phi) is 3.36. The maximum Gasteiger partial charge on any atom is 0.325 e. The third-order valence-corrected chi connectivity index (χ3v) is 3.44. The lowest BCUT2D eigenvalue weighted by molar-refractivity contribution is -0.142. The van der Waals surface area contributed by atoms with Crippen molar-refractivity contribution in [3.8, 4) is 0 Å². The van der Waals surface area contributed by atoms with Gasteiger partial charge < -0.3 is 10.4 Å². The van der Waals surface area contributed by atoms with Crippen LogP contribution in [0.4, 0.5) is 0 Å². The van der Waals surface area contributed by atoms with Crippen molar-refractivity contribution in [3.05, 3.63) is 35.9 Å². The highest BCUT2D eigenvalue weighted by molar-refractivity contribution is 5.89. The fraction of sp³-hybridized carbons (Fsp3) is 0.429. The predicted molar refractivity (Wildman–Crippen MR) is 67.1 cm³/mol. The van der Waals surface area contributed by atoms with E-state index >= 15 is 0 Å². The summed E-state index contributed by atoms with van der Waals surface area (Å²) in [5.41, 5.74) is 0.735. The number of carboxylic acid groups (broad SMARTS) is 1. The first-order valence-corrected chi connectivity index (χ1v) is 6.11. The topological polar surface area (TPSA) is 66.4 Å². The highest BCUT2D eigenvalue weighted by Crippen LogP contribution is 2.48. The van der Waals surface area contributed by atoms with Gasteiger partial charge in [-0.05, 0) is 31.7 Å². The van der Waals surface area contributed by atoms with Crippen molar-refractivity contribution in [3.63, 3.8) is 0 Å². The maximum absolute atomic E-state index is 12.1. The molecule has 0 bridgehead atoms. The third-order valence-electron chi connectivity index (χ3n) is 3.44. The van der Waals surface area contributed by atoms with E-state index in [0.29, 0.717) is 6.42 Å². The van der Waals surface area contributed by atoms with Crippen molar-refractivity contribution in [1.82, 2.24) is 5.32 Å². The van der Waals surface area contributed by atoms with Gasteiger partial charge in [-0.1, -0.05) is 30.3 Å². The van der Waals surface area contributed by atoms with Crippen molar-refractivity contribution in [1.29, 1.82) is 0 Å². The number of benzene rings is 1. The summed E-state index contributed by atoms with van der Waals surface area (Å²) >= 11 is 0. The van der Waals surface area contributed by atoms with Crippen molar-refractivity contribution >= 4 is 11.9 Å². The van der Waals surface area contributed by atoms with Crippen LogP contribution in [0.25, 0.3) is 0 Å². The van der Waals surface area contributed by atoms with Gasteiger partial charge in [0.15, 0.2) is 0 Å². The van der Waals surface area contributed by atoms with Crippen molar-refractivity contribution in [2.24, 2.45) is 5.41 Å². The van der Waals surface area contributed by atoms with Crippen LogP contribution in [-0.4, -0.2) is 23.0 Å². The van der Waals surface area contributed by atoms with E-state index in [1.807, 2.05) is 30.3 Å². The van der Waals surface area contributed by atoms with Gasteiger partial charge in [0, 0.05) is 0 Å². The number of carboxylic acids is 1. The van der Waals surface area contributed by atoms with Gasteiger partial charge >= 0.3 is 5.97 Å². The van der Waals surface area contributed by atoms with Crippen molar-refractivity contribution in [2.45, 2.75) is 32.2 Å². The summed E-state index contributed by atoms with van der Waals surface area (Å²) in [5, 5.41) is 11.4. The molecule has 2 rings (SSSR count). The van der Waals surface area contributed by atoms with Crippen LogP contribution < -0.4 is 5.32 Å². The average Bonchev–Trinajstić information content (AvgIpc) is 3.11. The molecule has 0 saturated heterocycles. The summed E-state index contributed by atoms with van der Waals surface area (Å²) in [7, 11) is 0. The van der Waals surface area contributed by atoms with E-state index in [9.17, 15) is 9.59 Å². The smallest absolute Gasteiger partial charge is 0.325 e. The SMILES string of the molecule is CC(NC(=O)C1(Cc2ccccc2)CC1)C(=O)O. The second-order valence-corrected chi connectivity index (χ2v) is 4.98. The molecule has 1 amide bonds. The minimum atomic E-state index is -1.00. The summed E-state index contributed by atoms with van der Waals surface area (Å²) in [5.74, 6) is -1.14. The molecule has 1 aromatic rings. The Morgan fingerprint density at radius 2 is 1.94 bits per heavy atom. The maximum atomic E-state index is 12.1. The largest absolute Gasteiger partial charge is 0.480 e. The second-order valence-electron chi connectivity index (χ2n) is 4.98. The van der Waals surface area contributed by atoms with Crippen LogP contribution in [0, 0.1) is 5.41 Å². The fourth-order valence-electron chi connectivity index (χ4n) is 2.03. The van der Waals surface area contributed by atoms with Crippen molar-refractivity contribution in [2.75, 3.05) is 0 Å². The Morgan fingerprint density at radius 1 is 1.33 bits per heavy atom. The molecule has 0 spiro atoms. The third kappa shape index (κ3) is 2.70. The zero-order valence-corrected chi connectivity index (χ0v) is 10.3. The molecule has 1 atom stereocenters. The monoisotopic (exact) mass is 247 g/mol. The number of nitrogens with one attached hydrogen (secondary N) is 1. The molecule has 1 unspecified atom stereocenters. The molecule has 18 heavy (non-hydrogen) atoms. The Labute approximate surface area is 106 Å². The van der Waals surface area contributed by atoms with Gasteiger partial charge in [-0.25, -0.2) is 0 Å². The molecule has 1 aromatic carbocycles. The minimum absolute atomic E-state index is 0.138. The van der Waals surface area contributed by atoms with Gasteiger partial charge in [-0.3, -0.25) is 9.59 Å². The molecule has 96 valence electrons. The highest BCUT2D eigenvalue weighted by atomic mass is 16.4. The summed E-state index contributed by atoms with van der Waals surface area (Å²) in [6, 6.07) is 9.00. The first kappa shape index (κ1) is 12.6. The van der Waals surface area contributed by atoms with E-state index in [1.54, 1.807) is 0 Å². The quantitative estimate of drug-likeness (QED) is 0.830. The number of rotatable bonds is 5. The normalized spacial score (nSPS) is 17.8. The van der Waals surface area contributed by atoms with Crippen LogP contribution in [-0.2, 0) is 16.0 Å². The zero-order valence-electron chi connectivity index (χ0n) is 10.3. The van der Waals surface area contributed by atoms with E-state index < -0.39 is 12.0 Å². The molecule has 2 N–H and O–H groups in total. The average molecular weight is 247 g/mol. The number of amides is 1. The van der Waals surface area contributed by atoms with Gasteiger partial charge in [0.05, 0.1) is 5.41 Å². The molecule has 4 nitrogen and oxygen atoms in total. The van der Waals surface area contributed by atoms with Crippen LogP contribution in [0.1, 0.15) is 25.3 Å². The molecule has 0 heterocycles. The number of carbonyl (C=O) groups is 2. The first-order chi connectivity index (χ1) is 8.53. The Balaban J connectivity index is 1.99. The fourth-order valence-corrected chi connectivity index (χ4v) is 2.03. The summed E-state index contributed by atoms with van der Waals surface area (Å²) in [6.07, 6.45) is 2.35. The first-order valence-electron chi connectivity index (χ1n) is 6.11. The minimum Gasteiger partial charge on any atom is -0.480 e. The molecule has 1 fully saturated rings. The van der Waals surface area contributed by atoms with Crippen LogP contribution in [0.3, 0.4) is 0 Å². The predicted octanol–water partition coefficient (Wildman–Crippen LogP) is 1.60. The van der Waals surface area contributed by atoms with Crippen LogP contribution in [0.5, 0.6) is 0 Å².